The molecule has 0 aliphatic heterocycles. The summed E-state index contributed by atoms with van der Waals surface area (Å²) in [6, 6.07) is -0.560. The average Bonchev–Trinajstić information content (AvgIpc) is 2.28. The first-order valence-corrected chi connectivity index (χ1v) is 6.06. The van der Waals surface area contributed by atoms with Crippen molar-refractivity contribution in [2.45, 2.75) is 32.7 Å². The van der Waals surface area contributed by atoms with Gasteiger partial charge in [-0.1, -0.05) is 13.8 Å². The third-order valence-corrected chi connectivity index (χ3v) is 2.09. The average molecular weight is 247 g/mol. The number of rotatable bonds is 10. The van der Waals surface area contributed by atoms with Gasteiger partial charge in [0.2, 0.25) is 0 Å². The molecule has 2 N–H and O–H groups in total. The van der Waals surface area contributed by atoms with Crippen LogP contribution < -0.4 is 5.73 Å². The minimum absolute atomic E-state index is 0.267. The molecule has 0 bridgehead atoms. The first-order valence-electron chi connectivity index (χ1n) is 6.06. The summed E-state index contributed by atoms with van der Waals surface area (Å²) in [6.45, 7) is 6.11. The van der Waals surface area contributed by atoms with E-state index >= 15 is 0 Å². The number of carbonyl (C=O) groups is 1. The van der Waals surface area contributed by atoms with Crippen molar-refractivity contribution < 1.29 is 19.0 Å². The van der Waals surface area contributed by atoms with Crippen molar-refractivity contribution in [2.24, 2.45) is 11.7 Å². The van der Waals surface area contributed by atoms with Crippen molar-refractivity contribution in [1.29, 1.82) is 0 Å². The second-order valence-corrected chi connectivity index (χ2v) is 4.38. The van der Waals surface area contributed by atoms with Gasteiger partial charge in [0.15, 0.2) is 0 Å². The van der Waals surface area contributed by atoms with E-state index in [-0.39, 0.29) is 12.6 Å². The molecule has 0 aliphatic rings. The van der Waals surface area contributed by atoms with Gasteiger partial charge in [-0.3, -0.25) is 4.79 Å². The van der Waals surface area contributed by atoms with Crippen LogP contribution in [0, 0.1) is 5.92 Å². The molecule has 1 atom stereocenters. The third kappa shape index (κ3) is 10.2. The maximum absolute atomic E-state index is 11.4. The zero-order chi connectivity index (χ0) is 13.1. The molecule has 0 aliphatic carbocycles. The zero-order valence-corrected chi connectivity index (χ0v) is 11.1. The van der Waals surface area contributed by atoms with Gasteiger partial charge >= 0.3 is 5.97 Å². The summed E-state index contributed by atoms with van der Waals surface area (Å²) in [5, 5.41) is 0. The summed E-state index contributed by atoms with van der Waals surface area (Å²) in [5.41, 5.74) is 5.65. The Bertz CT molecular complexity index is 197. The fraction of sp³-hybridized carbons (Fsp3) is 0.917. The number of carbonyl (C=O) groups excluding carboxylic acids is 1. The van der Waals surface area contributed by atoms with Crippen molar-refractivity contribution in [3.05, 3.63) is 0 Å². The third-order valence-electron chi connectivity index (χ3n) is 2.09. The van der Waals surface area contributed by atoms with Crippen LogP contribution in [0.25, 0.3) is 0 Å². The van der Waals surface area contributed by atoms with Crippen molar-refractivity contribution >= 4 is 5.97 Å². The van der Waals surface area contributed by atoms with Crippen LogP contribution in [-0.4, -0.2) is 45.5 Å². The van der Waals surface area contributed by atoms with Crippen LogP contribution in [0.1, 0.15) is 26.7 Å². The summed E-state index contributed by atoms with van der Waals surface area (Å²) in [7, 11) is 1.62. The summed E-state index contributed by atoms with van der Waals surface area (Å²) < 4.78 is 15.2. The Morgan fingerprint density at radius 2 is 1.94 bits per heavy atom. The lowest BCUT2D eigenvalue weighted by Gasteiger charge is -2.11. The van der Waals surface area contributed by atoms with Crippen molar-refractivity contribution in [1.82, 2.24) is 0 Å². The molecule has 0 aromatic heterocycles. The number of esters is 1. The fourth-order valence-electron chi connectivity index (χ4n) is 1.19. The van der Waals surface area contributed by atoms with Gasteiger partial charge in [-0.15, -0.1) is 0 Å². The molecule has 0 aromatic carbocycles. The molecule has 0 rings (SSSR count). The minimum Gasteiger partial charge on any atom is -0.462 e. The van der Waals surface area contributed by atoms with E-state index < -0.39 is 6.04 Å². The summed E-state index contributed by atoms with van der Waals surface area (Å²) >= 11 is 0. The van der Waals surface area contributed by atoms with E-state index in [0.717, 1.165) is 6.42 Å². The second-order valence-electron chi connectivity index (χ2n) is 4.38. The van der Waals surface area contributed by atoms with Crippen LogP contribution in [0.5, 0.6) is 0 Å². The lowest BCUT2D eigenvalue weighted by atomic mass is 10.2. The molecule has 0 fully saturated rings. The maximum Gasteiger partial charge on any atom is 0.322 e. The number of nitrogens with two attached hydrogens (primary N) is 1. The quantitative estimate of drug-likeness (QED) is 0.460. The van der Waals surface area contributed by atoms with Crippen LogP contribution in [-0.2, 0) is 19.0 Å². The standard InChI is InChI=1S/C12H25NO4/c1-10(2)9-16-7-8-17-12(14)11(13)5-4-6-15-3/h10-11H,4-9,13H2,1-3H3. The van der Waals surface area contributed by atoms with E-state index in [1.165, 1.54) is 0 Å². The van der Waals surface area contributed by atoms with Crippen LogP contribution in [0.3, 0.4) is 0 Å². The molecule has 0 saturated heterocycles. The molecule has 0 radical (unpaired) electrons. The Balaban J connectivity index is 3.44. The monoisotopic (exact) mass is 247 g/mol. The predicted molar refractivity (Wildman–Crippen MR) is 65.7 cm³/mol. The van der Waals surface area contributed by atoms with Crippen molar-refractivity contribution in [3.8, 4) is 0 Å². The highest BCUT2D eigenvalue weighted by Gasteiger charge is 2.14. The highest BCUT2D eigenvalue weighted by Crippen LogP contribution is 1.98. The normalized spacial score (nSPS) is 12.8. The Morgan fingerprint density at radius 3 is 2.53 bits per heavy atom. The van der Waals surface area contributed by atoms with Gasteiger partial charge in [0, 0.05) is 20.3 Å². The molecule has 0 heterocycles. The van der Waals surface area contributed by atoms with E-state index in [9.17, 15) is 4.79 Å². The zero-order valence-electron chi connectivity index (χ0n) is 11.1. The van der Waals surface area contributed by atoms with Crippen LogP contribution in [0.2, 0.25) is 0 Å². The van der Waals surface area contributed by atoms with Gasteiger partial charge < -0.3 is 19.9 Å². The molecule has 1 unspecified atom stereocenters. The number of hydrogen-bond acceptors (Lipinski definition) is 5. The highest BCUT2D eigenvalue weighted by molar-refractivity contribution is 5.75. The fourth-order valence-corrected chi connectivity index (χ4v) is 1.19. The van der Waals surface area contributed by atoms with Gasteiger partial charge in [0.1, 0.15) is 12.6 Å². The maximum atomic E-state index is 11.4. The van der Waals surface area contributed by atoms with E-state index in [0.29, 0.717) is 32.2 Å². The van der Waals surface area contributed by atoms with Gasteiger partial charge in [0.05, 0.1) is 6.61 Å². The molecule has 0 aromatic rings. The minimum atomic E-state index is -0.560. The molecule has 0 amide bonds. The van der Waals surface area contributed by atoms with E-state index in [1.54, 1.807) is 7.11 Å². The Hall–Kier alpha value is -0.650. The Morgan fingerprint density at radius 1 is 1.24 bits per heavy atom. The first-order chi connectivity index (χ1) is 8.07. The first kappa shape index (κ1) is 16.4. The molecular weight excluding hydrogens is 222 g/mol. The SMILES string of the molecule is COCCCC(N)C(=O)OCCOCC(C)C. The van der Waals surface area contributed by atoms with E-state index in [2.05, 4.69) is 13.8 Å². The summed E-state index contributed by atoms with van der Waals surface area (Å²) in [4.78, 5) is 11.4. The van der Waals surface area contributed by atoms with Crippen LogP contribution in [0.4, 0.5) is 0 Å². The molecule has 5 heteroatoms. The topological polar surface area (TPSA) is 70.8 Å². The van der Waals surface area contributed by atoms with Gasteiger partial charge in [0.25, 0.3) is 0 Å². The second kappa shape index (κ2) is 10.5. The van der Waals surface area contributed by atoms with Crippen LogP contribution in [0.15, 0.2) is 0 Å². The summed E-state index contributed by atoms with van der Waals surface area (Å²) in [6.07, 6.45) is 1.34. The van der Waals surface area contributed by atoms with Gasteiger partial charge in [-0.2, -0.15) is 0 Å². The Kier molecular flexibility index (Phi) is 10.1. The molecule has 5 nitrogen and oxygen atoms in total. The molecule has 0 spiro atoms. The smallest absolute Gasteiger partial charge is 0.322 e. The predicted octanol–water partition coefficient (Wildman–Crippen LogP) is 0.956. The van der Waals surface area contributed by atoms with Crippen LogP contribution >= 0.6 is 0 Å². The summed E-state index contributed by atoms with van der Waals surface area (Å²) in [5.74, 6) is 0.122. The van der Waals surface area contributed by atoms with E-state index in [4.69, 9.17) is 19.9 Å². The molecular formula is C12H25NO4. The Labute approximate surface area is 104 Å². The van der Waals surface area contributed by atoms with E-state index in [1.807, 2.05) is 0 Å². The molecule has 17 heavy (non-hydrogen) atoms. The number of methoxy groups -OCH3 is 1. The highest BCUT2D eigenvalue weighted by atomic mass is 16.6. The lowest BCUT2D eigenvalue weighted by Crippen LogP contribution is -2.33. The largest absolute Gasteiger partial charge is 0.462 e. The van der Waals surface area contributed by atoms with Gasteiger partial charge in [-0.25, -0.2) is 0 Å². The molecule has 102 valence electrons. The number of hydrogen-bond donors (Lipinski definition) is 1. The van der Waals surface area contributed by atoms with Crippen molar-refractivity contribution in [3.63, 3.8) is 0 Å². The van der Waals surface area contributed by atoms with Gasteiger partial charge in [-0.05, 0) is 18.8 Å². The molecule has 0 saturated carbocycles. The number of ether oxygens (including phenoxy) is 3. The van der Waals surface area contributed by atoms with Crippen molar-refractivity contribution in [2.75, 3.05) is 33.5 Å². The lowest BCUT2D eigenvalue weighted by molar-refractivity contribution is -0.147.